The fourth-order valence-electron chi connectivity index (χ4n) is 1.94. The molecule has 0 bridgehead atoms. The van der Waals surface area contributed by atoms with Gasteiger partial charge in [0.05, 0.1) is 0 Å². The fraction of sp³-hybridized carbons (Fsp3) is 0. The molecule has 3 rings (SSSR count). The Balaban J connectivity index is 2.23. The van der Waals surface area contributed by atoms with E-state index < -0.39 is 0 Å². The molecule has 0 radical (unpaired) electrons. The normalized spacial score (nSPS) is 10.6. The molecular formula is C15H10OS. The third kappa shape index (κ3) is 1.77. The van der Waals surface area contributed by atoms with Crippen molar-refractivity contribution in [2.45, 2.75) is 0 Å². The molecule has 0 amide bonds. The molecule has 0 aliphatic rings. The van der Waals surface area contributed by atoms with E-state index in [9.17, 15) is 4.79 Å². The second-order valence-electron chi connectivity index (χ2n) is 3.85. The minimum atomic E-state index is 0.749. The van der Waals surface area contributed by atoms with Crippen molar-refractivity contribution >= 4 is 27.7 Å². The SMILES string of the molecule is O=Cc1ccccc1-c1cc2ccccc2s1. The first-order valence-corrected chi connectivity index (χ1v) is 6.23. The smallest absolute Gasteiger partial charge is 0.150 e. The van der Waals surface area contributed by atoms with Crippen molar-refractivity contribution in [3.8, 4) is 10.4 Å². The van der Waals surface area contributed by atoms with Crippen molar-refractivity contribution in [1.82, 2.24) is 0 Å². The summed E-state index contributed by atoms with van der Waals surface area (Å²) in [6.45, 7) is 0. The molecule has 1 nitrogen and oxygen atoms in total. The molecule has 0 fully saturated rings. The summed E-state index contributed by atoms with van der Waals surface area (Å²) in [7, 11) is 0. The minimum Gasteiger partial charge on any atom is -0.298 e. The number of rotatable bonds is 2. The second-order valence-corrected chi connectivity index (χ2v) is 4.94. The van der Waals surface area contributed by atoms with E-state index in [0.29, 0.717) is 0 Å². The lowest BCUT2D eigenvalue weighted by Gasteiger charge is -1.99. The molecule has 0 unspecified atom stereocenters. The highest BCUT2D eigenvalue weighted by Gasteiger charge is 2.07. The zero-order valence-corrected chi connectivity index (χ0v) is 9.91. The van der Waals surface area contributed by atoms with E-state index in [0.717, 1.165) is 22.3 Å². The van der Waals surface area contributed by atoms with E-state index in [1.807, 2.05) is 36.4 Å². The van der Waals surface area contributed by atoms with Gasteiger partial charge in [0, 0.05) is 20.7 Å². The first-order chi connectivity index (χ1) is 8.38. The van der Waals surface area contributed by atoms with Crippen LogP contribution < -0.4 is 0 Å². The zero-order chi connectivity index (χ0) is 11.7. The van der Waals surface area contributed by atoms with Crippen LogP contribution in [0.2, 0.25) is 0 Å². The van der Waals surface area contributed by atoms with Gasteiger partial charge in [-0.1, -0.05) is 42.5 Å². The van der Waals surface area contributed by atoms with Crippen molar-refractivity contribution < 1.29 is 4.79 Å². The molecule has 2 aromatic carbocycles. The van der Waals surface area contributed by atoms with Crippen molar-refractivity contribution in [3.05, 3.63) is 60.2 Å². The van der Waals surface area contributed by atoms with E-state index in [1.165, 1.54) is 10.1 Å². The molecule has 17 heavy (non-hydrogen) atoms. The maximum atomic E-state index is 11.0. The molecule has 0 aliphatic heterocycles. The van der Waals surface area contributed by atoms with Crippen LogP contribution in [0.3, 0.4) is 0 Å². The summed E-state index contributed by atoms with van der Waals surface area (Å²) in [4.78, 5) is 12.2. The molecule has 0 aliphatic carbocycles. The van der Waals surface area contributed by atoms with E-state index in [4.69, 9.17) is 0 Å². The summed E-state index contributed by atoms with van der Waals surface area (Å²) in [5.41, 5.74) is 1.77. The first-order valence-electron chi connectivity index (χ1n) is 5.41. The van der Waals surface area contributed by atoms with Crippen molar-refractivity contribution in [2.75, 3.05) is 0 Å². The minimum absolute atomic E-state index is 0.749. The highest BCUT2D eigenvalue weighted by Crippen LogP contribution is 2.34. The van der Waals surface area contributed by atoms with E-state index >= 15 is 0 Å². The quantitative estimate of drug-likeness (QED) is 0.605. The molecule has 1 heterocycles. The molecule has 0 saturated carbocycles. The summed E-state index contributed by atoms with van der Waals surface area (Å²) < 4.78 is 1.25. The van der Waals surface area contributed by atoms with Gasteiger partial charge in [-0.25, -0.2) is 0 Å². The Morgan fingerprint density at radius 2 is 1.71 bits per heavy atom. The predicted octanol–water partition coefficient (Wildman–Crippen LogP) is 4.38. The lowest BCUT2D eigenvalue weighted by molar-refractivity contribution is 0.112. The Hall–Kier alpha value is -1.93. The molecule has 0 spiro atoms. The second kappa shape index (κ2) is 4.15. The number of fused-ring (bicyclic) bond motifs is 1. The van der Waals surface area contributed by atoms with Crippen LogP contribution in [0.1, 0.15) is 10.4 Å². The van der Waals surface area contributed by atoms with Crippen molar-refractivity contribution in [3.63, 3.8) is 0 Å². The van der Waals surface area contributed by atoms with Crippen LogP contribution in [0.5, 0.6) is 0 Å². The zero-order valence-electron chi connectivity index (χ0n) is 9.09. The van der Waals surface area contributed by atoms with Crippen LogP contribution in [0.4, 0.5) is 0 Å². The third-order valence-corrected chi connectivity index (χ3v) is 3.93. The van der Waals surface area contributed by atoms with Gasteiger partial charge in [-0.05, 0) is 17.5 Å². The van der Waals surface area contributed by atoms with E-state index in [2.05, 4.69) is 18.2 Å². The Labute approximate surface area is 103 Å². The maximum Gasteiger partial charge on any atom is 0.150 e. The van der Waals surface area contributed by atoms with E-state index in [-0.39, 0.29) is 0 Å². The van der Waals surface area contributed by atoms with Gasteiger partial charge in [0.25, 0.3) is 0 Å². The molecule has 0 saturated heterocycles. The molecular weight excluding hydrogens is 228 g/mol. The van der Waals surface area contributed by atoms with Crippen LogP contribution in [0.25, 0.3) is 20.5 Å². The molecule has 0 atom stereocenters. The summed E-state index contributed by atoms with van der Waals surface area (Å²) in [6.07, 6.45) is 0.916. The molecule has 0 N–H and O–H groups in total. The highest BCUT2D eigenvalue weighted by molar-refractivity contribution is 7.22. The maximum absolute atomic E-state index is 11.0. The van der Waals surface area contributed by atoms with Gasteiger partial charge < -0.3 is 0 Å². The van der Waals surface area contributed by atoms with Gasteiger partial charge in [0.1, 0.15) is 0 Å². The first kappa shape index (κ1) is 10.2. The highest BCUT2D eigenvalue weighted by atomic mass is 32.1. The number of aldehydes is 1. The van der Waals surface area contributed by atoms with Crippen molar-refractivity contribution in [2.24, 2.45) is 0 Å². The summed E-state index contributed by atoms with van der Waals surface area (Å²) >= 11 is 1.72. The molecule has 82 valence electrons. The average molecular weight is 238 g/mol. The van der Waals surface area contributed by atoms with Gasteiger partial charge in [-0.2, -0.15) is 0 Å². The molecule has 2 heteroatoms. The van der Waals surface area contributed by atoms with Gasteiger partial charge in [0.15, 0.2) is 6.29 Å². The summed E-state index contributed by atoms with van der Waals surface area (Å²) in [6, 6.07) is 18.1. The van der Waals surface area contributed by atoms with Crippen LogP contribution in [0.15, 0.2) is 54.6 Å². The predicted molar refractivity (Wildman–Crippen MR) is 72.6 cm³/mol. The lowest BCUT2D eigenvalue weighted by Crippen LogP contribution is -1.83. The Bertz CT molecular complexity index is 649. The number of thiophene rings is 1. The Kier molecular flexibility index (Phi) is 2.50. The van der Waals surface area contributed by atoms with Crippen molar-refractivity contribution in [1.29, 1.82) is 0 Å². The largest absolute Gasteiger partial charge is 0.298 e. The van der Waals surface area contributed by atoms with Gasteiger partial charge in [0.2, 0.25) is 0 Å². The van der Waals surface area contributed by atoms with Crippen LogP contribution >= 0.6 is 11.3 Å². The number of benzene rings is 2. The third-order valence-electron chi connectivity index (χ3n) is 2.78. The number of carbonyl (C=O) groups is 1. The Morgan fingerprint density at radius 3 is 2.53 bits per heavy atom. The van der Waals surface area contributed by atoms with Gasteiger partial charge in [-0.3, -0.25) is 4.79 Å². The van der Waals surface area contributed by atoms with Crippen LogP contribution in [-0.4, -0.2) is 6.29 Å². The summed E-state index contributed by atoms with van der Waals surface area (Å²) in [5, 5.41) is 1.23. The summed E-state index contributed by atoms with van der Waals surface area (Å²) in [5.74, 6) is 0. The molecule has 1 aromatic heterocycles. The lowest BCUT2D eigenvalue weighted by atomic mass is 10.1. The number of hydrogen-bond donors (Lipinski definition) is 0. The number of carbonyl (C=O) groups excluding carboxylic acids is 1. The van der Waals surface area contributed by atoms with Gasteiger partial charge in [-0.15, -0.1) is 11.3 Å². The van der Waals surface area contributed by atoms with Crippen LogP contribution in [-0.2, 0) is 0 Å². The number of hydrogen-bond acceptors (Lipinski definition) is 2. The Morgan fingerprint density at radius 1 is 0.941 bits per heavy atom. The topological polar surface area (TPSA) is 17.1 Å². The monoisotopic (exact) mass is 238 g/mol. The fourth-order valence-corrected chi connectivity index (χ4v) is 3.05. The molecule has 3 aromatic rings. The van der Waals surface area contributed by atoms with Gasteiger partial charge >= 0.3 is 0 Å². The van der Waals surface area contributed by atoms with Crippen LogP contribution in [0, 0.1) is 0 Å². The average Bonchev–Trinajstić information content (AvgIpc) is 2.82. The van der Waals surface area contributed by atoms with E-state index in [1.54, 1.807) is 11.3 Å². The standard InChI is InChI=1S/C15H10OS/c16-10-12-6-1-3-7-13(12)15-9-11-5-2-4-8-14(11)17-15/h1-10H.